The number of nitrogens with one attached hydrogen (secondary N) is 2. The lowest BCUT2D eigenvalue weighted by Crippen LogP contribution is -2.70. The number of hydrogen-bond donors (Lipinski definition) is 4. The lowest BCUT2D eigenvalue weighted by Gasteiger charge is -2.52. The first-order valence-electron chi connectivity index (χ1n) is 10.3. The maximum absolute atomic E-state index is 10.9. The van der Waals surface area contributed by atoms with E-state index in [1.165, 1.54) is 0 Å². The Balaban J connectivity index is 1.57. The SMILES string of the molecule is CN(c1ncc(-c2ccc(-c3cn[nH]c3)cc2O)nn1)[C@@H]1CC(C)(C)NC(C)(C)[C@H]1O. The first-order valence-corrected chi connectivity index (χ1v) is 10.3. The molecule has 0 amide bonds. The van der Waals surface area contributed by atoms with Crippen molar-refractivity contribution >= 4 is 5.95 Å². The first kappa shape index (κ1) is 21.2. The van der Waals surface area contributed by atoms with Gasteiger partial charge in [-0.05, 0) is 51.8 Å². The minimum atomic E-state index is -0.603. The molecule has 0 unspecified atom stereocenters. The number of aliphatic hydroxyl groups excluding tert-OH is 1. The predicted octanol–water partition coefficient (Wildman–Crippen LogP) is 2.35. The van der Waals surface area contributed by atoms with Gasteiger partial charge in [0, 0.05) is 35.4 Å². The molecular weight excluding hydrogens is 394 g/mol. The van der Waals surface area contributed by atoms with Crippen molar-refractivity contribution in [3.05, 3.63) is 36.8 Å². The van der Waals surface area contributed by atoms with Gasteiger partial charge >= 0.3 is 0 Å². The van der Waals surface area contributed by atoms with Crippen molar-refractivity contribution < 1.29 is 10.2 Å². The molecule has 164 valence electrons. The number of aromatic nitrogens is 5. The van der Waals surface area contributed by atoms with E-state index in [4.69, 9.17) is 0 Å². The number of anilines is 1. The van der Waals surface area contributed by atoms with Gasteiger partial charge in [-0.1, -0.05) is 6.07 Å². The summed E-state index contributed by atoms with van der Waals surface area (Å²) in [6.07, 6.45) is 5.18. The van der Waals surface area contributed by atoms with Crippen LogP contribution in [0.15, 0.2) is 36.8 Å². The van der Waals surface area contributed by atoms with Crippen molar-refractivity contribution in [3.8, 4) is 28.1 Å². The van der Waals surface area contributed by atoms with Gasteiger partial charge in [-0.3, -0.25) is 5.10 Å². The first-order chi connectivity index (χ1) is 14.6. The number of benzene rings is 1. The normalized spacial score (nSPS) is 22.3. The molecule has 9 nitrogen and oxygen atoms in total. The Bertz CT molecular complexity index is 1050. The molecule has 0 bridgehead atoms. The molecule has 1 saturated heterocycles. The van der Waals surface area contributed by atoms with Crippen molar-refractivity contribution in [1.82, 2.24) is 30.7 Å². The number of rotatable bonds is 4. The Kier molecular flexibility index (Phi) is 5.18. The van der Waals surface area contributed by atoms with Crippen LogP contribution in [0.3, 0.4) is 0 Å². The fourth-order valence-electron chi connectivity index (χ4n) is 4.50. The molecule has 3 aromatic rings. The molecule has 9 heteroatoms. The van der Waals surface area contributed by atoms with E-state index in [-0.39, 0.29) is 17.3 Å². The van der Waals surface area contributed by atoms with E-state index in [0.29, 0.717) is 17.2 Å². The molecule has 2 atom stereocenters. The fraction of sp³-hybridized carbons (Fsp3) is 0.455. The molecule has 0 aliphatic carbocycles. The second-order valence-electron chi connectivity index (χ2n) is 9.42. The number of phenolic OH excluding ortho intramolecular Hbond substituents is 1. The third-order valence-corrected chi connectivity index (χ3v) is 5.95. The van der Waals surface area contributed by atoms with Crippen molar-refractivity contribution in [1.29, 1.82) is 0 Å². The van der Waals surface area contributed by atoms with Gasteiger partial charge in [0.2, 0.25) is 5.95 Å². The van der Waals surface area contributed by atoms with E-state index in [1.807, 2.05) is 31.9 Å². The summed E-state index contributed by atoms with van der Waals surface area (Å²) in [7, 11) is 1.87. The Hall–Kier alpha value is -3.04. The van der Waals surface area contributed by atoms with Crippen LogP contribution in [0.1, 0.15) is 34.1 Å². The number of aromatic hydroxyl groups is 1. The van der Waals surface area contributed by atoms with E-state index >= 15 is 0 Å². The molecule has 1 fully saturated rings. The summed E-state index contributed by atoms with van der Waals surface area (Å²) in [5, 5.41) is 40.2. The number of hydrogen-bond acceptors (Lipinski definition) is 8. The van der Waals surface area contributed by atoms with Gasteiger partial charge in [0.25, 0.3) is 0 Å². The third kappa shape index (κ3) is 4.11. The van der Waals surface area contributed by atoms with E-state index in [0.717, 1.165) is 17.5 Å². The van der Waals surface area contributed by atoms with Crippen LogP contribution in [0, 0.1) is 0 Å². The van der Waals surface area contributed by atoms with Crippen molar-refractivity contribution in [2.75, 3.05) is 11.9 Å². The third-order valence-electron chi connectivity index (χ3n) is 5.95. The number of piperidine rings is 1. The Labute approximate surface area is 181 Å². The van der Waals surface area contributed by atoms with Crippen LogP contribution < -0.4 is 10.2 Å². The fourth-order valence-corrected chi connectivity index (χ4v) is 4.50. The number of nitrogens with zero attached hydrogens (tertiary/aromatic N) is 5. The monoisotopic (exact) mass is 423 g/mol. The summed E-state index contributed by atoms with van der Waals surface area (Å²) in [4.78, 5) is 6.35. The van der Waals surface area contributed by atoms with E-state index in [1.54, 1.807) is 30.7 Å². The molecule has 4 N–H and O–H groups in total. The molecule has 1 aliphatic heterocycles. The van der Waals surface area contributed by atoms with Gasteiger partial charge in [-0.2, -0.15) is 5.10 Å². The maximum Gasteiger partial charge on any atom is 0.245 e. The van der Waals surface area contributed by atoms with Crippen LogP contribution in [-0.2, 0) is 0 Å². The highest BCUT2D eigenvalue weighted by molar-refractivity contribution is 5.73. The number of likely N-dealkylation sites (N-methyl/N-ethyl adjacent to an activating group) is 1. The van der Waals surface area contributed by atoms with Gasteiger partial charge in [0.05, 0.1) is 24.5 Å². The van der Waals surface area contributed by atoms with Crippen LogP contribution >= 0.6 is 0 Å². The molecule has 1 aromatic carbocycles. The van der Waals surface area contributed by atoms with Crippen LogP contribution in [0.25, 0.3) is 22.4 Å². The van der Waals surface area contributed by atoms with E-state index < -0.39 is 11.6 Å². The highest BCUT2D eigenvalue weighted by atomic mass is 16.3. The molecule has 31 heavy (non-hydrogen) atoms. The average Bonchev–Trinajstić information content (AvgIpc) is 3.24. The van der Waals surface area contributed by atoms with Gasteiger partial charge in [-0.15, -0.1) is 10.2 Å². The van der Waals surface area contributed by atoms with Crippen molar-refractivity contribution in [2.45, 2.75) is 57.3 Å². The minimum absolute atomic E-state index is 0.0909. The molecule has 0 saturated carbocycles. The number of H-pyrrole nitrogens is 1. The van der Waals surface area contributed by atoms with Gasteiger partial charge < -0.3 is 20.4 Å². The summed E-state index contributed by atoms with van der Waals surface area (Å²) in [6.45, 7) is 8.24. The zero-order valence-electron chi connectivity index (χ0n) is 18.5. The van der Waals surface area contributed by atoms with Crippen molar-refractivity contribution in [3.63, 3.8) is 0 Å². The number of aromatic amines is 1. The minimum Gasteiger partial charge on any atom is -0.507 e. The van der Waals surface area contributed by atoms with Crippen molar-refractivity contribution in [2.24, 2.45) is 0 Å². The highest BCUT2D eigenvalue weighted by Crippen LogP contribution is 2.34. The largest absolute Gasteiger partial charge is 0.507 e. The lowest BCUT2D eigenvalue weighted by molar-refractivity contribution is -0.00390. The second-order valence-corrected chi connectivity index (χ2v) is 9.42. The van der Waals surface area contributed by atoms with Crippen LogP contribution in [0.4, 0.5) is 5.95 Å². The number of aliphatic hydroxyl groups is 1. The van der Waals surface area contributed by atoms with Gasteiger partial charge in [-0.25, -0.2) is 4.98 Å². The molecule has 0 spiro atoms. The van der Waals surface area contributed by atoms with E-state index in [9.17, 15) is 10.2 Å². The summed E-state index contributed by atoms with van der Waals surface area (Å²) in [5.74, 6) is 0.518. The topological polar surface area (TPSA) is 123 Å². The molecule has 4 rings (SSSR count). The van der Waals surface area contributed by atoms with Crippen LogP contribution in [-0.4, -0.2) is 65.9 Å². The predicted molar refractivity (Wildman–Crippen MR) is 119 cm³/mol. The molecule has 3 heterocycles. The summed E-state index contributed by atoms with van der Waals surface area (Å²) >= 11 is 0. The Morgan fingerprint density at radius 1 is 1.10 bits per heavy atom. The molecule has 1 aliphatic rings. The van der Waals surface area contributed by atoms with Crippen LogP contribution in [0.5, 0.6) is 5.75 Å². The standard InChI is InChI=1S/C22H29N7O2/c1-21(2)9-17(19(31)22(3,4)28-21)29(5)20-23-12-16(26-27-20)15-7-6-13(8-18(15)30)14-10-24-25-11-14/h6-8,10-12,17,19,28,30-31H,9H2,1-5H3,(H,24,25)/t17-,19+/m1/s1. The Morgan fingerprint density at radius 2 is 1.87 bits per heavy atom. The van der Waals surface area contributed by atoms with Gasteiger partial charge in [0.1, 0.15) is 11.4 Å². The van der Waals surface area contributed by atoms with Crippen LogP contribution in [0.2, 0.25) is 0 Å². The highest BCUT2D eigenvalue weighted by Gasteiger charge is 2.46. The molecule has 0 radical (unpaired) electrons. The second kappa shape index (κ2) is 7.58. The molecule has 2 aromatic heterocycles. The zero-order chi connectivity index (χ0) is 22.4. The average molecular weight is 424 g/mol. The summed E-state index contributed by atoms with van der Waals surface area (Å²) < 4.78 is 0. The summed E-state index contributed by atoms with van der Waals surface area (Å²) in [5.41, 5.74) is 2.16. The zero-order valence-corrected chi connectivity index (χ0v) is 18.5. The lowest BCUT2D eigenvalue weighted by atomic mass is 9.77. The summed E-state index contributed by atoms with van der Waals surface area (Å²) in [6, 6.07) is 5.17. The van der Waals surface area contributed by atoms with Gasteiger partial charge in [0.15, 0.2) is 0 Å². The Morgan fingerprint density at radius 3 is 2.48 bits per heavy atom. The maximum atomic E-state index is 10.9. The van der Waals surface area contributed by atoms with E-state index in [2.05, 4.69) is 44.5 Å². The quantitative estimate of drug-likeness (QED) is 0.504. The molecular formula is C22H29N7O2. The number of phenols is 1. The smallest absolute Gasteiger partial charge is 0.245 e.